The smallest absolute Gasteiger partial charge is 0.237 e. The summed E-state index contributed by atoms with van der Waals surface area (Å²) in [6.07, 6.45) is 5.89. The van der Waals surface area contributed by atoms with Gasteiger partial charge in [-0.2, -0.15) is 11.8 Å². The first-order valence-electron chi connectivity index (χ1n) is 4.77. The maximum Gasteiger partial charge on any atom is 0.237 e. The zero-order valence-corrected chi connectivity index (χ0v) is 9.55. The molecule has 0 spiro atoms. The monoisotopic (exact) mass is 228 g/mol. The largest absolute Gasteiger partial charge is 0.472 e. The van der Waals surface area contributed by atoms with Crippen LogP contribution < -0.4 is 11.1 Å². The van der Waals surface area contributed by atoms with Crippen LogP contribution in [0, 0.1) is 0 Å². The van der Waals surface area contributed by atoms with Crippen LogP contribution in [-0.2, 0) is 11.3 Å². The quantitative estimate of drug-likeness (QED) is 0.761. The molecule has 15 heavy (non-hydrogen) atoms. The maximum absolute atomic E-state index is 11.5. The molecule has 1 aromatic rings. The summed E-state index contributed by atoms with van der Waals surface area (Å²) in [6.45, 7) is 0.475. The van der Waals surface area contributed by atoms with Gasteiger partial charge in [0, 0.05) is 12.1 Å². The molecule has 0 radical (unpaired) electrons. The lowest BCUT2D eigenvalue weighted by molar-refractivity contribution is -0.122. The van der Waals surface area contributed by atoms with Crippen molar-refractivity contribution < 1.29 is 9.21 Å². The molecular formula is C10H16N2O2S. The fraction of sp³-hybridized carbons (Fsp3) is 0.500. The highest BCUT2D eigenvalue weighted by atomic mass is 32.2. The van der Waals surface area contributed by atoms with Gasteiger partial charge in [0.15, 0.2) is 0 Å². The van der Waals surface area contributed by atoms with E-state index >= 15 is 0 Å². The molecule has 1 rings (SSSR count). The van der Waals surface area contributed by atoms with Crippen molar-refractivity contribution in [3.8, 4) is 0 Å². The fourth-order valence-electron chi connectivity index (χ4n) is 1.09. The first kappa shape index (κ1) is 12.1. The SMILES string of the molecule is CSCCC(N)C(=O)NCc1ccoc1. The molecule has 0 aliphatic heterocycles. The summed E-state index contributed by atoms with van der Waals surface area (Å²) in [5.41, 5.74) is 6.64. The molecule has 0 saturated carbocycles. The topological polar surface area (TPSA) is 68.3 Å². The third-order valence-electron chi connectivity index (χ3n) is 2.02. The van der Waals surface area contributed by atoms with E-state index in [2.05, 4.69) is 5.32 Å². The minimum atomic E-state index is -0.413. The van der Waals surface area contributed by atoms with Crippen molar-refractivity contribution in [1.29, 1.82) is 0 Å². The molecule has 0 aromatic carbocycles. The number of hydrogen-bond donors (Lipinski definition) is 2. The van der Waals surface area contributed by atoms with Crippen LogP contribution in [0.2, 0.25) is 0 Å². The highest BCUT2D eigenvalue weighted by molar-refractivity contribution is 7.98. The maximum atomic E-state index is 11.5. The highest BCUT2D eigenvalue weighted by Gasteiger charge is 2.12. The second kappa shape index (κ2) is 6.53. The van der Waals surface area contributed by atoms with Gasteiger partial charge in [-0.15, -0.1) is 0 Å². The number of carbonyl (C=O) groups excluding carboxylic acids is 1. The second-order valence-corrected chi connectivity index (χ2v) is 4.22. The molecule has 1 atom stereocenters. The number of thioether (sulfide) groups is 1. The van der Waals surface area contributed by atoms with Crippen molar-refractivity contribution in [2.24, 2.45) is 5.73 Å². The van der Waals surface area contributed by atoms with Gasteiger partial charge in [0.05, 0.1) is 18.6 Å². The molecule has 1 aromatic heterocycles. The molecule has 0 aliphatic rings. The van der Waals surface area contributed by atoms with E-state index in [1.165, 1.54) is 0 Å². The average Bonchev–Trinajstić information content (AvgIpc) is 2.75. The van der Waals surface area contributed by atoms with E-state index in [0.29, 0.717) is 13.0 Å². The predicted molar refractivity (Wildman–Crippen MR) is 61.5 cm³/mol. The highest BCUT2D eigenvalue weighted by Crippen LogP contribution is 2.01. The van der Waals surface area contributed by atoms with Crippen molar-refractivity contribution >= 4 is 17.7 Å². The van der Waals surface area contributed by atoms with E-state index in [9.17, 15) is 4.79 Å². The lowest BCUT2D eigenvalue weighted by Gasteiger charge is -2.10. The molecule has 4 nitrogen and oxygen atoms in total. The molecule has 0 fully saturated rings. The number of hydrogen-bond acceptors (Lipinski definition) is 4. The first-order chi connectivity index (χ1) is 7.24. The Morgan fingerprint density at radius 1 is 1.73 bits per heavy atom. The molecule has 1 amide bonds. The first-order valence-corrected chi connectivity index (χ1v) is 6.16. The summed E-state index contributed by atoms with van der Waals surface area (Å²) in [5, 5.41) is 2.76. The van der Waals surface area contributed by atoms with Gasteiger partial charge in [-0.05, 0) is 24.5 Å². The van der Waals surface area contributed by atoms with Gasteiger partial charge in [0.1, 0.15) is 0 Å². The van der Waals surface area contributed by atoms with Gasteiger partial charge in [-0.25, -0.2) is 0 Å². The van der Waals surface area contributed by atoms with Crippen LogP contribution in [0.4, 0.5) is 0 Å². The van der Waals surface area contributed by atoms with Crippen molar-refractivity contribution in [1.82, 2.24) is 5.32 Å². The number of carbonyl (C=O) groups is 1. The van der Waals surface area contributed by atoms with Crippen LogP contribution >= 0.6 is 11.8 Å². The summed E-state index contributed by atoms with van der Waals surface area (Å²) in [7, 11) is 0. The van der Waals surface area contributed by atoms with E-state index in [1.807, 2.05) is 12.3 Å². The Labute approximate surface area is 93.6 Å². The minimum absolute atomic E-state index is 0.106. The number of nitrogens with one attached hydrogen (secondary N) is 1. The Balaban J connectivity index is 2.23. The summed E-state index contributed by atoms with van der Waals surface area (Å²) < 4.78 is 4.89. The third kappa shape index (κ3) is 4.40. The number of amides is 1. The minimum Gasteiger partial charge on any atom is -0.472 e. The Bertz CT molecular complexity index is 288. The van der Waals surface area contributed by atoms with Gasteiger partial charge >= 0.3 is 0 Å². The summed E-state index contributed by atoms with van der Waals surface area (Å²) >= 11 is 1.69. The van der Waals surface area contributed by atoms with Crippen molar-refractivity contribution in [2.45, 2.75) is 19.0 Å². The van der Waals surface area contributed by atoms with Crippen LogP contribution in [0.1, 0.15) is 12.0 Å². The molecule has 84 valence electrons. The van der Waals surface area contributed by atoms with Gasteiger partial charge in [-0.1, -0.05) is 0 Å². The van der Waals surface area contributed by atoms with Crippen LogP contribution in [0.5, 0.6) is 0 Å². The molecule has 1 unspecified atom stereocenters. The van der Waals surface area contributed by atoms with Gasteiger partial charge in [0.2, 0.25) is 5.91 Å². The van der Waals surface area contributed by atoms with Crippen molar-refractivity contribution in [3.63, 3.8) is 0 Å². The molecular weight excluding hydrogens is 212 g/mol. The number of furan rings is 1. The molecule has 0 bridgehead atoms. The Morgan fingerprint density at radius 3 is 3.13 bits per heavy atom. The molecule has 0 aliphatic carbocycles. The van der Waals surface area contributed by atoms with Crippen LogP contribution in [0.15, 0.2) is 23.0 Å². The fourth-order valence-corrected chi connectivity index (χ4v) is 1.58. The van der Waals surface area contributed by atoms with Crippen LogP contribution in [0.3, 0.4) is 0 Å². The Kier molecular flexibility index (Phi) is 5.28. The van der Waals surface area contributed by atoms with E-state index in [4.69, 9.17) is 10.2 Å². The van der Waals surface area contributed by atoms with E-state index < -0.39 is 6.04 Å². The van der Waals surface area contributed by atoms with E-state index in [0.717, 1.165) is 11.3 Å². The zero-order valence-electron chi connectivity index (χ0n) is 8.73. The molecule has 0 saturated heterocycles. The van der Waals surface area contributed by atoms with Gasteiger partial charge < -0.3 is 15.5 Å². The number of rotatable bonds is 6. The summed E-state index contributed by atoms with van der Waals surface area (Å²) in [6, 6.07) is 1.40. The lowest BCUT2D eigenvalue weighted by atomic mass is 10.2. The summed E-state index contributed by atoms with van der Waals surface area (Å²) in [4.78, 5) is 11.5. The molecule has 3 N–H and O–H groups in total. The van der Waals surface area contributed by atoms with Crippen molar-refractivity contribution in [2.75, 3.05) is 12.0 Å². The average molecular weight is 228 g/mol. The Hall–Kier alpha value is -0.940. The van der Waals surface area contributed by atoms with Crippen LogP contribution in [0.25, 0.3) is 0 Å². The zero-order chi connectivity index (χ0) is 11.1. The van der Waals surface area contributed by atoms with E-state index in [1.54, 1.807) is 24.3 Å². The van der Waals surface area contributed by atoms with Gasteiger partial charge in [-0.3, -0.25) is 4.79 Å². The second-order valence-electron chi connectivity index (χ2n) is 3.24. The lowest BCUT2D eigenvalue weighted by Crippen LogP contribution is -2.40. The standard InChI is InChI=1S/C10H16N2O2S/c1-15-5-3-9(11)10(13)12-6-8-2-4-14-7-8/h2,4,7,9H,3,5-6,11H2,1H3,(H,12,13). The van der Waals surface area contributed by atoms with Crippen molar-refractivity contribution in [3.05, 3.63) is 24.2 Å². The van der Waals surface area contributed by atoms with E-state index in [-0.39, 0.29) is 5.91 Å². The molecule has 1 heterocycles. The van der Waals surface area contributed by atoms with Crippen LogP contribution in [-0.4, -0.2) is 24.0 Å². The summed E-state index contributed by atoms with van der Waals surface area (Å²) in [5.74, 6) is 0.797. The third-order valence-corrected chi connectivity index (χ3v) is 2.66. The predicted octanol–water partition coefficient (Wildman–Crippen LogP) is 0.976. The van der Waals surface area contributed by atoms with Gasteiger partial charge in [0.25, 0.3) is 0 Å². The Morgan fingerprint density at radius 2 is 2.53 bits per heavy atom. The molecule has 5 heteroatoms. The normalized spacial score (nSPS) is 12.4. The number of nitrogens with two attached hydrogens (primary N) is 1.